The van der Waals surface area contributed by atoms with Crippen molar-refractivity contribution in [3.63, 3.8) is 0 Å². The van der Waals surface area contributed by atoms with Crippen LogP contribution in [0.1, 0.15) is 41.8 Å². The summed E-state index contributed by atoms with van der Waals surface area (Å²) in [6, 6.07) is 5.08. The fourth-order valence-electron chi connectivity index (χ4n) is 3.54. The first-order valence-electron chi connectivity index (χ1n) is 9.54. The first-order valence-corrected chi connectivity index (χ1v) is 10.4. The third-order valence-electron chi connectivity index (χ3n) is 5.17. The van der Waals surface area contributed by atoms with E-state index in [-0.39, 0.29) is 11.2 Å². The number of carbonyl (C=O) groups is 1. The maximum Gasteiger partial charge on any atom is 0.270 e. The standard InChI is InChI=1S/C20H19N5O4S/c1-12(18(26)23-22-10-13-5-4-6-14(9-13)25(28)29)24-11-21-19-17(20(24)27)15-7-2-3-8-16(15)30-19/h4-6,9-12H,2-3,7-8H2,1H3,(H,23,26)/b22-10-/t12-/m0/s1. The van der Waals surface area contributed by atoms with E-state index in [9.17, 15) is 19.7 Å². The molecule has 10 heteroatoms. The first-order chi connectivity index (χ1) is 14.5. The molecule has 1 aliphatic carbocycles. The van der Waals surface area contributed by atoms with Crippen LogP contribution in [0.3, 0.4) is 0 Å². The second kappa shape index (κ2) is 8.15. The molecule has 0 radical (unpaired) electrons. The second-order valence-electron chi connectivity index (χ2n) is 7.11. The SMILES string of the molecule is C[C@@H](C(=O)N/N=C\c1cccc([N+](=O)[O-])c1)n1cnc2sc3c(c2c1=O)CCCC3. The van der Waals surface area contributed by atoms with Crippen molar-refractivity contribution in [2.45, 2.75) is 38.6 Å². The van der Waals surface area contributed by atoms with E-state index in [0.717, 1.165) is 36.1 Å². The van der Waals surface area contributed by atoms with Crippen molar-refractivity contribution in [1.29, 1.82) is 0 Å². The quantitative estimate of drug-likeness (QED) is 0.383. The molecule has 0 spiro atoms. The maximum atomic E-state index is 13.1. The predicted octanol–water partition coefficient (Wildman–Crippen LogP) is 2.96. The fourth-order valence-corrected chi connectivity index (χ4v) is 4.76. The lowest BCUT2D eigenvalue weighted by Gasteiger charge is -2.14. The number of hydrogen-bond donors (Lipinski definition) is 1. The lowest BCUT2D eigenvalue weighted by molar-refractivity contribution is -0.384. The summed E-state index contributed by atoms with van der Waals surface area (Å²) in [6.07, 6.45) is 6.73. The van der Waals surface area contributed by atoms with Gasteiger partial charge in [-0.25, -0.2) is 10.4 Å². The number of nitrogens with one attached hydrogen (secondary N) is 1. The highest BCUT2D eigenvalue weighted by atomic mass is 32.1. The minimum absolute atomic E-state index is 0.0660. The van der Waals surface area contributed by atoms with E-state index in [1.807, 2.05) is 0 Å². The summed E-state index contributed by atoms with van der Waals surface area (Å²) >= 11 is 1.56. The Hall–Kier alpha value is -3.40. The van der Waals surface area contributed by atoms with Gasteiger partial charge in [0.05, 0.1) is 22.9 Å². The zero-order chi connectivity index (χ0) is 21.3. The molecule has 30 heavy (non-hydrogen) atoms. The Labute approximate surface area is 175 Å². The molecule has 9 nitrogen and oxygen atoms in total. The van der Waals surface area contributed by atoms with Crippen molar-refractivity contribution in [2.75, 3.05) is 0 Å². The van der Waals surface area contributed by atoms with Gasteiger partial charge in [0.1, 0.15) is 10.9 Å². The van der Waals surface area contributed by atoms with Crippen LogP contribution in [0.25, 0.3) is 10.2 Å². The number of thiophene rings is 1. The van der Waals surface area contributed by atoms with Crippen molar-refractivity contribution >= 4 is 39.4 Å². The van der Waals surface area contributed by atoms with Crippen molar-refractivity contribution in [3.8, 4) is 0 Å². The van der Waals surface area contributed by atoms with Gasteiger partial charge in [0.15, 0.2) is 0 Å². The summed E-state index contributed by atoms with van der Waals surface area (Å²) in [5.41, 5.74) is 3.65. The minimum Gasteiger partial charge on any atom is -0.286 e. The molecule has 3 aromatic rings. The first kappa shape index (κ1) is 19.9. The Bertz CT molecular complexity index is 1230. The molecule has 2 aromatic heterocycles. The molecule has 0 bridgehead atoms. The Morgan fingerprint density at radius 3 is 3.00 bits per heavy atom. The smallest absolute Gasteiger partial charge is 0.270 e. The summed E-state index contributed by atoms with van der Waals surface area (Å²) in [7, 11) is 0. The van der Waals surface area contributed by atoms with Gasteiger partial charge in [-0.05, 0) is 38.2 Å². The monoisotopic (exact) mass is 425 g/mol. The molecule has 0 unspecified atom stereocenters. The molecule has 1 N–H and O–H groups in total. The highest BCUT2D eigenvalue weighted by molar-refractivity contribution is 7.18. The third kappa shape index (κ3) is 3.73. The van der Waals surface area contributed by atoms with Crippen LogP contribution in [-0.2, 0) is 17.6 Å². The van der Waals surface area contributed by atoms with Gasteiger partial charge in [-0.15, -0.1) is 11.3 Å². The summed E-state index contributed by atoms with van der Waals surface area (Å²) < 4.78 is 1.32. The highest BCUT2D eigenvalue weighted by Gasteiger charge is 2.23. The molecule has 4 rings (SSSR count). The molecule has 2 heterocycles. The number of nitro groups is 1. The molecule has 0 aliphatic heterocycles. The van der Waals surface area contributed by atoms with E-state index in [1.165, 1.54) is 40.2 Å². The number of nitro benzene ring substituents is 1. The molecule has 1 amide bonds. The maximum absolute atomic E-state index is 13.1. The third-order valence-corrected chi connectivity index (χ3v) is 6.37. The number of hydrazone groups is 1. The zero-order valence-electron chi connectivity index (χ0n) is 16.2. The topological polar surface area (TPSA) is 119 Å². The molecule has 154 valence electrons. The van der Waals surface area contributed by atoms with E-state index in [2.05, 4.69) is 15.5 Å². The molecule has 1 aromatic carbocycles. The number of rotatable bonds is 5. The van der Waals surface area contributed by atoms with Crippen molar-refractivity contribution < 1.29 is 9.72 Å². The lowest BCUT2D eigenvalue weighted by atomic mass is 9.97. The highest BCUT2D eigenvalue weighted by Crippen LogP contribution is 2.33. The van der Waals surface area contributed by atoms with Crippen molar-refractivity contribution in [2.24, 2.45) is 5.10 Å². The number of fused-ring (bicyclic) bond motifs is 3. The Balaban J connectivity index is 1.53. The van der Waals surface area contributed by atoms with Crippen LogP contribution in [0.4, 0.5) is 5.69 Å². The van der Waals surface area contributed by atoms with Crippen LogP contribution in [0, 0.1) is 10.1 Å². The lowest BCUT2D eigenvalue weighted by Crippen LogP contribution is -2.34. The fraction of sp³-hybridized carbons (Fsp3) is 0.300. The average molecular weight is 425 g/mol. The van der Waals surface area contributed by atoms with Crippen LogP contribution >= 0.6 is 11.3 Å². The van der Waals surface area contributed by atoms with Gasteiger partial charge in [0, 0.05) is 22.6 Å². The van der Waals surface area contributed by atoms with Gasteiger partial charge >= 0.3 is 0 Å². The number of nitrogens with zero attached hydrogens (tertiary/aromatic N) is 4. The van der Waals surface area contributed by atoms with Crippen LogP contribution in [0.5, 0.6) is 0 Å². The number of non-ortho nitro benzene ring substituents is 1. The Morgan fingerprint density at radius 1 is 1.40 bits per heavy atom. The number of hydrogen-bond acceptors (Lipinski definition) is 7. The van der Waals surface area contributed by atoms with Gasteiger partial charge < -0.3 is 0 Å². The number of benzene rings is 1. The van der Waals surface area contributed by atoms with Crippen molar-refractivity contribution in [3.05, 3.63) is 67.1 Å². The Kier molecular flexibility index (Phi) is 5.40. The minimum atomic E-state index is -0.809. The molecular weight excluding hydrogens is 406 g/mol. The normalized spacial score (nSPS) is 14.6. The number of aryl methyl sites for hydroxylation is 2. The van der Waals surface area contributed by atoms with Gasteiger partial charge in [-0.2, -0.15) is 5.10 Å². The van der Waals surface area contributed by atoms with E-state index in [1.54, 1.807) is 24.3 Å². The summed E-state index contributed by atoms with van der Waals surface area (Å²) in [4.78, 5) is 42.2. The van der Waals surface area contributed by atoms with Crippen LogP contribution < -0.4 is 11.0 Å². The summed E-state index contributed by atoms with van der Waals surface area (Å²) in [6.45, 7) is 1.60. The molecule has 1 aliphatic rings. The largest absolute Gasteiger partial charge is 0.286 e. The molecule has 1 atom stereocenters. The van der Waals surface area contributed by atoms with Crippen molar-refractivity contribution in [1.82, 2.24) is 15.0 Å². The number of carbonyl (C=O) groups excluding carboxylic acids is 1. The van der Waals surface area contributed by atoms with Crippen LogP contribution in [0.2, 0.25) is 0 Å². The van der Waals surface area contributed by atoms with Gasteiger partial charge in [0.25, 0.3) is 17.2 Å². The van der Waals surface area contributed by atoms with Gasteiger partial charge in [-0.3, -0.25) is 24.3 Å². The van der Waals surface area contributed by atoms with E-state index >= 15 is 0 Å². The van der Waals surface area contributed by atoms with E-state index < -0.39 is 16.9 Å². The molecule has 0 saturated heterocycles. The zero-order valence-corrected chi connectivity index (χ0v) is 17.0. The number of aromatic nitrogens is 2. The summed E-state index contributed by atoms with van der Waals surface area (Å²) in [5.74, 6) is -0.482. The van der Waals surface area contributed by atoms with Crippen LogP contribution in [0.15, 0.2) is 40.5 Å². The van der Waals surface area contributed by atoms with Gasteiger partial charge in [-0.1, -0.05) is 12.1 Å². The second-order valence-corrected chi connectivity index (χ2v) is 8.19. The van der Waals surface area contributed by atoms with E-state index in [4.69, 9.17) is 0 Å². The molecule has 0 saturated carbocycles. The molecule has 0 fully saturated rings. The Morgan fingerprint density at radius 2 is 2.20 bits per heavy atom. The molecular formula is C20H19N5O4S. The average Bonchev–Trinajstić information content (AvgIpc) is 3.13. The number of amides is 1. The van der Waals surface area contributed by atoms with Gasteiger partial charge in [0.2, 0.25) is 0 Å². The predicted molar refractivity (Wildman–Crippen MR) is 114 cm³/mol. The van der Waals surface area contributed by atoms with Crippen LogP contribution in [-0.4, -0.2) is 26.6 Å². The summed E-state index contributed by atoms with van der Waals surface area (Å²) in [5, 5.41) is 15.3. The van der Waals surface area contributed by atoms with E-state index in [0.29, 0.717) is 10.9 Å².